The van der Waals surface area contributed by atoms with Crippen molar-refractivity contribution in [1.29, 1.82) is 0 Å². The highest BCUT2D eigenvalue weighted by molar-refractivity contribution is 5.97. The number of aliphatic hydroxyl groups is 1. The number of nitrogens with zero attached hydrogens (tertiary/aromatic N) is 2. The van der Waals surface area contributed by atoms with Gasteiger partial charge in [-0.2, -0.15) is 0 Å². The van der Waals surface area contributed by atoms with E-state index in [0.717, 1.165) is 28.8 Å². The van der Waals surface area contributed by atoms with E-state index in [1.807, 2.05) is 36.4 Å². The molecule has 0 aliphatic carbocycles. The van der Waals surface area contributed by atoms with Crippen molar-refractivity contribution in [2.45, 2.75) is 19.6 Å². The minimum atomic E-state index is -0.194. The molecular formula is C18H16N2O3. The Labute approximate surface area is 133 Å². The zero-order valence-corrected chi connectivity index (χ0v) is 12.5. The van der Waals surface area contributed by atoms with Crippen LogP contribution in [0, 0.1) is 0 Å². The van der Waals surface area contributed by atoms with Crippen LogP contribution in [0.2, 0.25) is 0 Å². The Balaban J connectivity index is 1.69. The van der Waals surface area contributed by atoms with E-state index in [1.54, 1.807) is 10.6 Å². The van der Waals surface area contributed by atoms with Crippen LogP contribution in [0.5, 0.6) is 5.75 Å². The average molecular weight is 308 g/mol. The summed E-state index contributed by atoms with van der Waals surface area (Å²) in [6, 6.07) is 13.1. The van der Waals surface area contributed by atoms with Gasteiger partial charge < -0.3 is 14.4 Å². The van der Waals surface area contributed by atoms with Crippen molar-refractivity contribution in [2.24, 2.45) is 0 Å². The number of fused-ring (bicyclic) bond motifs is 2. The Morgan fingerprint density at radius 3 is 3.00 bits per heavy atom. The van der Waals surface area contributed by atoms with E-state index < -0.39 is 0 Å². The monoisotopic (exact) mass is 308 g/mol. The Hall–Kier alpha value is -2.66. The van der Waals surface area contributed by atoms with Gasteiger partial charge in [-0.1, -0.05) is 12.1 Å². The molecule has 116 valence electrons. The number of benzene rings is 2. The number of carbonyl (C=O) groups excluding carboxylic acids is 1. The molecule has 0 fully saturated rings. The van der Waals surface area contributed by atoms with Gasteiger partial charge in [0.05, 0.1) is 24.2 Å². The third-order valence-corrected chi connectivity index (χ3v) is 4.19. The maximum Gasteiger partial charge on any atom is 0.182 e. The first-order chi connectivity index (χ1) is 11.3. The van der Waals surface area contributed by atoms with Crippen LogP contribution in [-0.2, 0) is 19.6 Å². The van der Waals surface area contributed by atoms with Gasteiger partial charge >= 0.3 is 0 Å². The molecule has 1 aliphatic heterocycles. The van der Waals surface area contributed by atoms with Crippen LogP contribution in [0.4, 0.5) is 0 Å². The molecule has 23 heavy (non-hydrogen) atoms. The van der Waals surface area contributed by atoms with Crippen molar-refractivity contribution < 1.29 is 14.6 Å². The maximum atomic E-state index is 12.7. The number of aromatic nitrogens is 2. The lowest BCUT2D eigenvalue weighted by Gasteiger charge is -2.08. The first-order valence-corrected chi connectivity index (χ1v) is 7.60. The number of para-hydroxylation sites is 2. The van der Waals surface area contributed by atoms with Crippen LogP contribution in [0.1, 0.15) is 21.7 Å². The molecule has 0 radical (unpaired) electrons. The molecule has 4 rings (SSSR count). The summed E-state index contributed by atoms with van der Waals surface area (Å²) in [4.78, 5) is 17.0. The summed E-state index contributed by atoms with van der Waals surface area (Å²) in [6.45, 7) is 0.643. The normalized spacial score (nSPS) is 13.1. The molecule has 2 heterocycles. The summed E-state index contributed by atoms with van der Waals surface area (Å²) < 4.78 is 7.25. The van der Waals surface area contributed by atoms with Gasteiger partial charge in [0.15, 0.2) is 5.78 Å². The number of imidazole rings is 1. The van der Waals surface area contributed by atoms with E-state index in [0.29, 0.717) is 18.0 Å². The van der Waals surface area contributed by atoms with Gasteiger partial charge in [0.25, 0.3) is 0 Å². The van der Waals surface area contributed by atoms with Gasteiger partial charge in [-0.05, 0) is 35.9 Å². The van der Waals surface area contributed by atoms with Crippen molar-refractivity contribution in [3.63, 3.8) is 0 Å². The number of hydrogen-bond acceptors (Lipinski definition) is 4. The summed E-state index contributed by atoms with van der Waals surface area (Å²) >= 11 is 0. The number of ether oxygens (including phenoxy) is 1. The molecule has 3 aromatic rings. The largest absolute Gasteiger partial charge is 0.493 e. The van der Waals surface area contributed by atoms with Crippen LogP contribution in [-0.4, -0.2) is 27.0 Å². The van der Waals surface area contributed by atoms with Crippen LogP contribution in [0.15, 0.2) is 42.5 Å². The molecule has 1 aromatic heterocycles. The van der Waals surface area contributed by atoms with Crippen molar-refractivity contribution in [1.82, 2.24) is 9.55 Å². The van der Waals surface area contributed by atoms with E-state index in [9.17, 15) is 9.90 Å². The predicted molar refractivity (Wildman–Crippen MR) is 85.6 cm³/mol. The van der Waals surface area contributed by atoms with Crippen LogP contribution in [0.3, 0.4) is 0 Å². The van der Waals surface area contributed by atoms with Crippen LogP contribution in [0.25, 0.3) is 11.0 Å². The Morgan fingerprint density at radius 2 is 2.13 bits per heavy atom. The van der Waals surface area contributed by atoms with Gasteiger partial charge in [0.1, 0.15) is 18.2 Å². The zero-order valence-electron chi connectivity index (χ0n) is 12.5. The highest BCUT2D eigenvalue weighted by atomic mass is 16.5. The number of aliphatic hydroxyl groups excluding tert-OH is 1. The third kappa shape index (κ3) is 2.39. The molecule has 0 saturated heterocycles. The summed E-state index contributed by atoms with van der Waals surface area (Å²) in [5.74, 6) is 1.37. The van der Waals surface area contributed by atoms with Crippen LogP contribution >= 0.6 is 0 Å². The minimum absolute atomic E-state index is 0.00227. The molecular weight excluding hydrogens is 292 g/mol. The standard InChI is InChI=1S/C18H16N2O3/c21-11-18-19-14-3-1-2-4-15(14)20(18)10-16(22)12-5-6-17-13(9-12)7-8-23-17/h1-6,9,21H,7-8,10-11H2. The van der Waals surface area contributed by atoms with Crippen molar-refractivity contribution in [3.05, 3.63) is 59.4 Å². The smallest absolute Gasteiger partial charge is 0.182 e. The zero-order chi connectivity index (χ0) is 15.8. The molecule has 5 nitrogen and oxygen atoms in total. The maximum absolute atomic E-state index is 12.7. The summed E-state index contributed by atoms with van der Waals surface area (Å²) in [7, 11) is 0. The summed E-state index contributed by atoms with van der Waals surface area (Å²) in [5, 5.41) is 9.52. The van der Waals surface area contributed by atoms with Gasteiger partial charge in [-0.3, -0.25) is 4.79 Å². The Morgan fingerprint density at radius 1 is 1.26 bits per heavy atom. The summed E-state index contributed by atoms with van der Waals surface area (Å²) in [6.07, 6.45) is 0.840. The average Bonchev–Trinajstić information content (AvgIpc) is 3.18. The number of Topliss-reactive ketones (excluding diaryl/α,β-unsaturated/α-hetero) is 1. The molecule has 1 N–H and O–H groups in total. The molecule has 0 atom stereocenters. The third-order valence-electron chi connectivity index (χ3n) is 4.19. The molecule has 0 spiro atoms. The fourth-order valence-corrected chi connectivity index (χ4v) is 3.02. The molecule has 5 heteroatoms. The second-order valence-corrected chi connectivity index (χ2v) is 5.61. The van der Waals surface area contributed by atoms with Gasteiger partial charge in [-0.25, -0.2) is 4.98 Å². The molecule has 2 aromatic carbocycles. The van der Waals surface area contributed by atoms with E-state index >= 15 is 0 Å². The topological polar surface area (TPSA) is 64.4 Å². The fraction of sp³-hybridized carbons (Fsp3) is 0.222. The number of carbonyl (C=O) groups is 1. The quantitative estimate of drug-likeness (QED) is 0.751. The van der Waals surface area contributed by atoms with Crippen molar-refractivity contribution in [2.75, 3.05) is 6.61 Å². The van der Waals surface area contributed by atoms with E-state index in [2.05, 4.69) is 4.98 Å². The lowest BCUT2D eigenvalue weighted by Crippen LogP contribution is -2.13. The molecule has 0 amide bonds. The van der Waals surface area contributed by atoms with Gasteiger partial charge in [-0.15, -0.1) is 0 Å². The summed E-state index contributed by atoms with van der Waals surface area (Å²) in [5.41, 5.74) is 3.38. The van der Waals surface area contributed by atoms with Crippen molar-refractivity contribution in [3.8, 4) is 5.75 Å². The van der Waals surface area contributed by atoms with E-state index in [1.165, 1.54) is 0 Å². The fourth-order valence-electron chi connectivity index (χ4n) is 3.02. The lowest BCUT2D eigenvalue weighted by atomic mass is 10.1. The lowest BCUT2D eigenvalue weighted by molar-refractivity contribution is 0.0970. The second kappa shape index (κ2) is 5.52. The SMILES string of the molecule is O=C(Cn1c(CO)nc2ccccc21)c1ccc2c(c1)CCO2. The Kier molecular flexibility index (Phi) is 3.35. The van der Waals surface area contributed by atoms with Crippen molar-refractivity contribution >= 4 is 16.8 Å². The number of rotatable bonds is 4. The van der Waals surface area contributed by atoms with E-state index in [4.69, 9.17) is 4.74 Å². The first-order valence-electron chi connectivity index (χ1n) is 7.60. The molecule has 0 saturated carbocycles. The number of hydrogen-bond donors (Lipinski definition) is 1. The number of ketones is 1. The highest BCUT2D eigenvalue weighted by Crippen LogP contribution is 2.26. The highest BCUT2D eigenvalue weighted by Gasteiger charge is 2.17. The molecule has 0 unspecified atom stereocenters. The van der Waals surface area contributed by atoms with Gasteiger partial charge in [0, 0.05) is 12.0 Å². The van der Waals surface area contributed by atoms with E-state index in [-0.39, 0.29) is 18.9 Å². The molecule has 1 aliphatic rings. The predicted octanol–water partition coefficient (Wildman–Crippen LogP) is 2.35. The van der Waals surface area contributed by atoms with Crippen LogP contribution < -0.4 is 4.74 Å². The van der Waals surface area contributed by atoms with Gasteiger partial charge in [0.2, 0.25) is 0 Å². The molecule has 0 bridgehead atoms. The minimum Gasteiger partial charge on any atom is -0.493 e. The second-order valence-electron chi connectivity index (χ2n) is 5.61. The first kappa shape index (κ1) is 14.0. The Bertz CT molecular complexity index is 898.